The number of benzene rings is 3. The second-order valence-corrected chi connectivity index (χ2v) is 8.82. The highest BCUT2D eigenvalue weighted by Crippen LogP contribution is 2.36. The summed E-state index contributed by atoms with van der Waals surface area (Å²) < 4.78 is 44.0. The van der Waals surface area contributed by atoms with E-state index in [1.807, 2.05) is 0 Å². The molecule has 3 aromatic carbocycles. The molecular formula is C29H29F2N3O5. The summed E-state index contributed by atoms with van der Waals surface area (Å²) in [6.07, 6.45) is 0.319. The second-order valence-electron chi connectivity index (χ2n) is 8.82. The molecule has 1 aliphatic rings. The van der Waals surface area contributed by atoms with Crippen LogP contribution in [0.5, 0.6) is 11.5 Å². The predicted octanol–water partition coefficient (Wildman–Crippen LogP) is 4.45. The number of ether oxygens (including phenoxy) is 3. The van der Waals surface area contributed by atoms with Crippen LogP contribution in [0, 0.1) is 11.6 Å². The average molecular weight is 538 g/mol. The number of halogens is 2. The molecule has 0 radical (unpaired) electrons. The molecule has 2 amide bonds. The molecule has 1 atom stereocenters. The van der Waals surface area contributed by atoms with Gasteiger partial charge in [-0.1, -0.05) is 24.3 Å². The Balaban J connectivity index is 1.68. The SMILES string of the molecule is COCCN(CC(=O)N1N=C(c2ccc(OC)cc2OC)C[C@@H]1c1ccc(F)cc1)C(=O)c1ccccc1F. The normalized spacial score (nSPS) is 14.6. The van der Waals surface area contributed by atoms with Gasteiger partial charge in [-0.3, -0.25) is 9.59 Å². The van der Waals surface area contributed by atoms with Gasteiger partial charge in [0, 0.05) is 31.7 Å². The molecule has 1 heterocycles. The van der Waals surface area contributed by atoms with Gasteiger partial charge in [0.2, 0.25) is 0 Å². The van der Waals surface area contributed by atoms with Gasteiger partial charge in [0.1, 0.15) is 29.7 Å². The Labute approximate surface area is 225 Å². The van der Waals surface area contributed by atoms with Crippen LogP contribution in [0.15, 0.2) is 71.8 Å². The van der Waals surface area contributed by atoms with Crippen LogP contribution in [0.3, 0.4) is 0 Å². The summed E-state index contributed by atoms with van der Waals surface area (Å²) in [4.78, 5) is 28.1. The molecule has 8 nitrogen and oxygen atoms in total. The summed E-state index contributed by atoms with van der Waals surface area (Å²) in [7, 11) is 4.54. The Bertz CT molecular complexity index is 1360. The number of hydrogen-bond acceptors (Lipinski definition) is 6. The molecular weight excluding hydrogens is 508 g/mol. The monoisotopic (exact) mass is 537 g/mol. The van der Waals surface area contributed by atoms with Crippen molar-refractivity contribution in [1.29, 1.82) is 0 Å². The maximum Gasteiger partial charge on any atom is 0.262 e. The summed E-state index contributed by atoms with van der Waals surface area (Å²) in [5.74, 6) is -1.12. The molecule has 0 N–H and O–H groups in total. The standard InChI is InChI=1S/C29H29F2N3O5/c1-37-15-14-33(29(36)22-6-4-5-7-24(22)31)18-28(35)34-26(19-8-10-20(30)11-9-19)17-25(32-34)23-13-12-21(38-2)16-27(23)39-3/h4-13,16,26H,14-15,17-18H2,1-3H3/t26-/m1/s1. The van der Waals surface area contributed by atoms with E-state index in [1.165, 1.54) is 54.5 Å². The Morgan fingerprint density at radius 2 is 1.74 bits per heavy atom. The van der Waals surface area contributed by atoms with Crippen molar-refractivity contribution < 1.29 is 32.6 Å². The quantitative estimate of drug-likeness (QED) is 0.382. The number of hydrazone groups is 1. The van der Waals surface area contributed by atoms with E-state index < -0.39 is 29.5 Å². The lowest BCUT2D eigenvalue weighted by molar-refractivity contribution is -0.133. The first-order valence-corrected chi connectivity index (χ1v) is 12.3. The van der Waals surface area contributed by atoms with Crippen LogP contribution < -0.4 is 9.47 Å². The molecule has 4 rings (SSSR count). The fraction of sp³-hybridized carbons (Fsp3) is 0.276. The van der Waals surface area contributed by atoms with Gasteiger partial charge in [-0.05, 0) is 42.0 Å². The summed E-state index contributed by atoms with van der Waals surface area (Å²) in [6, 6.07) is 16.1. The molecule has 0 saturated carbocycles. The topological polar surface area (TPSA) is 80.7 Å². The number of carbonyl (C=O) groups excluding carboxylic acids is 2. The average Bonchev–Trinajstić information content (AvgIpc) is 3.40. The lowest BCUT2D eigenvalue weighted by Gasteiger charge is -2.27. The third-order valence-electron chi connectivity index (χ3n) is 6.42. The molecule has 0 aliphatic carbocycles. The van der Waals surface area contributed by atoms with Gasteiger partial charge >= 0.3 is 0 Å². The third kappa shape index (κ3) is 6.23. The molecule has 39 heavy (non-hydrogen) atoms. The molecule has 3 aromatic rings. The van der Waals surface area contributed by atoms with E-state index in [9.17, 15) is 18.4 Å². The molecule has 0 bridgehead atoms. The van der Waals surface area contributed by atoms with E-state index in [2.05, 4.69) is 5.10 Å². The van der Waals surface area contributed by atoms with Crippen molar-refractivity contribution in [2.24, 2.45) is 5.10 Å². The molecule has 10 heteroatoms. The second kappa shape index (κ2) is 12.5. The highest BCUT2D eigenvalue weighted by molar-refractivity contribution is 6.05. The van der Waals surface area contributed by atoms with E-state index in [-0.39, 0.29) is 25.3 Å². The summed E-state index contributed by atoms with van der Waals surface area (Å²) in [6.45, 7) is -0.162. The number of methoxy groups -OCH3 is 3. The third-order valence-corrected chi connectivity index (χ3v) is 6.42. The lowest BCUT2D eigenvalue weighted by Crippen LogP contribution is -2.43. The number of nitrogens with zero attached hydrogens (tertiary/aromatic N) is 3. The highest BCUT2D eigenvalue weighted by Gasteiger charge is 2.35. The first-order valence-electron chi connectivity index (χ1n) is 12.3. The smallest absolute Gasteiger partial charge is 0.262 e. The fourth-order valence-corrected chi connectivity index (χ4v) is 4.38. The Kier molecular flexibility index (Phi) is 8.88. The van der Waals surface area contributed by atoms with Crippen molar-refractivity contribution in [3.05, 3.63) is 95.1 Å². The van der Waals surface area contributed by atoms with Crippen LogP contribution in [-0.4, -0.2) is 68.5 Å². The van der Waals surface area contributed by atoms with E-state index >= 15 is 0 Å². The predicted molar refractivity (Wildman–Crippen MR) is 141 cm³/mol. The van der Waals surface area contributed by atoms with Crippen LogP contribution in [0.2, 0.25) is 0 Å². The van der Waals surface area contributed by atoms with E-state index in [1.54, 1.807) is 43.5 Å². The van der Waals surface area contributed by atoms with Gasteiger partial charge in [0.05, 0.1) is 38.1 Å². The minimum Gasteiger partial charge on any atom is -0.497 e. The summed E-state index contributed by atoms with van der Waals surface area (Å²) >= 11 is 0. The zero-order valence-corrected chi connectivity index (χ0v) is 21.9. The Morgan fingerprint density at radius 1 is 1.00 bits per heavy atom. The maximum atomic E-state index is 14.4. The van der Waals surface area contributed by atoms with Gasteiger partial charge in [-0.25, -0.2) is 13.8 Å². The zero-order chi connectivity index (χ0) is 27.9. The lowest BCUT2D eigenvalue weighted by atomic mass is 9.97. The van der Waals surface area contributed by atoms with Crippen molar-refractivity contribution in [3.63, 3.8) is 0 Å². The first kappa shape index (κ1) is 27.7. The first-order chi connectivity index (χ1) is 18.9. The van der Waals surface area contributed by atoms with Crippen molar-refractivity contribution in [1.82, 2.24) is 9.91 Å². The van der Waals surface area contributed by atoms with Crippen molar-refractivity contribution >= 4 is 17.5 Å². The van der Waals surface area contributed by atoms with Gasteiger partial charge in [-0.2, -0.15) is 5.10 Å². The molecule has 0 spiro atoms. The van der Waals surface area contributed by atoms with Crippen molar-refractivity contribution in [2.45, 2.75) is 12.5 Å². The number of rotatable bonds is 10. The van der Waals surface area contributed by atoms with E-state index in [4.69, 9.17) is 14.2 Å². The van der Waals surface area contributed by atoms with E-state index in [0.29, 0.717) is 34.8 Å². The van der Waals surface area contributed by atoms with Gasteiger partial charge in [0.15, 0.2) is 0 Å². The van der Waals surface area contributed by atoms with Crippen molar-refractivity contribution in [2.75, 3.05) is 41.0 Å². The molecule has 0 unspecified atom stereocenters. The van der Waals surface area contributed by atoms with E-state index in [0.717, 1.165) is 0 Å². The summed E-state index contributed by atoms with van der Waals surface area (Å²) in [5, 5.41) is 5.92. The van der Waals surface area contributed by atoms with Crippen LogP contribution in [0.1, 0.15) is 33.9 Å². The van der Waals surface area contributed by atoms with Gasteiger partial charge in [-0.15, -0.1) is 0 Å². The van der Waals surface area contributed by atoms with Crippen LogP contribution in [0.4, 0.5) is 8.78 Å². The molecule has 0 aromatic heterocycles. The number of amides is 2. The van der Waals surface area contributed by atoms with Gasteiger partial charge < -0.3 is 19.1 Å². The number of carbonyl (C=O) groups is 2. The zero-order valence-electron chi connectivity index (χ0n) is 21.9. The van der Waals surface area contributed by atoms with Crippen LogP contribution in [-0.2, 0) is 9.53 Å². The molecule has 0 fully saturated rings. The Hall–Kier alpha value is -4.31. The van der Waals surface area contributed by atoms with Gasteiger partial charge in [0.25, 0.3) is 11.8 Å². The fourth-order valence-electron chi connectivity index (χ4n) is 4.38. The molecule has 204 valence electrons. The largest absolute Gasteiger partial charge is 0.497 e. The minimum absolute atomic E-state index is 0.0628. The molecule has 0 saturated heterocycles. The van der Waals surface area contributed by atoms with Crippen LogP contribution >= 0.6 is 0 Å². The maximum absolute atomic E-state index is 14.4. The van der Waals surface area contributed by atoms with Crippen LogP contribution in [0.25, 0.3) is 0 Å². The Morgan fingerprint density at radius 3 is 2.41 bits per heavy atom. The minimum atomic E-state index is -0.686. The highest BCUT2D eigenvalue weighted by atomic mass is 19.1. The number of hydrogen-bond donors (Lipinski definition) is 0. The molecule has 1 aliphatic heterocycles. The summed E-state index contributed by atoms with van der Waals surface area (Å²) in [5.41, 5.74) is 1.75. The van der Waals surface area contributed by atoms with Crippen molar-refractivity contribution in [3.8, 4) is 11.5 Å².